The Balaban J connectivity index is 1.30. The molecule has 2 fully saturated rings. The van der Waals surface area contributed by atoms with E-state index in [-0.39, 0.29) is 17.9 Å². The Bertz CT molecular complexity index is 1020. The number of amides is 1. The molecule has 5 rings (SSSR count). The summed E-state index contributed by atoms with van der Waals surface area (Å²) >= 11 is 0. The normalized spacial score (nSPS) is 22.2. The summed E-state index contributed by atoms with van der Waals surface area (Å²) in [4.78, 5) is 21.6. The van der Waals surface area contributed by atoms with E-state index in [0.29, 0.717) is 11.8 Å². The summed E-state index contributed by atoms with van der Waals surface area (Å²) in [5.41, 5.74) is 5.90. The van der Waals surface area contributed by atoms with Crippen molar-refractivity contribution >= 4 is 16.9 Å². The van der Waals surface area contributed by atoms with Gasteiger partial charge < -0.3 is 9.88 Å². The lowest BCUT2D eigenvalue weighted by Crippen LogP contribution is -2.40. The maximum absolute atomic E-state index is 12.9. The van der Waals surface area contributed by atoms with E-state index in [1.165, 1.54) is 29.5 Å². The molecule has 2 aromatic heterocycles. The number of nitrogens with zero attached hydrogens (tertiary/aromatic N) is 3. The third-order valence-corrected chi connectivity index (χ3v) is 6.39. The molecule has 5 nitrogen and oxygen atoms in total. The number of nitrogens with one attached hydrogen (secondary N) is 1. The fourth-order valence-corrected chi connectivity index (χ4v) is 4.22. The van der Waals surface area contributed by atoms with Crippen LogP contribution in [-0.2, 0) is 11.3 Å². The standard InChI is InChI=1S/C23H26N4O/c1-14-8-20-22(9-15(14)2)27(13-25-20)12-21(16-5-6-16)26-23(28)19-10-18(19)17-4-3-7-24-11-17/h3-4,7-9,11,13,16,18-19,21H,5-6,10,12H2,1-2H3,(H,26,28)/t18-,19+,21-/m0/s1. The van der Waals surface area contributed by atoms with Crippen LogP contribution in [0.1, 0.15) is 41.9 Å². The minimum Gasteiger partial charge on any atom is -0.351 e. The fraction of sp³-hybridized carbons (Fsp3) is 0.435. The molecule has 144 valence electrons. The van der Waals surface area contributed by atoms with Crippen molar-refractivity contribution in [1.82, 2.24) is 19.9 Å². The number of aromatic nitrogens is 3. The van der Waals surface area contributed by atoms with Crippen LogP contribution in [0.25, 0.3) is 11.0 Å². The van der Waals surface area contributed by atoms with E-state index in [4.69, 9.17) is 0 Å². The van der Waals surface area contributed by atoms with E-state index in [2.05, 4.69) is 51.9 Å². The molecule has 0 bridgehead atoms. The lowest BCUT2D eigenvalue weighted by molar-refractivity contribution is -0.123. The highest BCUT2D eigenvalue weighted by molar-refractivity contribution is 5.83. The lowest BCUT2D eigenvalue weighted by Gasteiger charge is -2.20. The number of hydrogen-bond acceptors (Lipinski definition) is 3. The third kappa shape index (κ3) is 3.30. The molecule has 1 aromatic carbocycles. The molecule has 0 spiro atoms. The SMILES string of the molecule is Cc1cc2ncn(C[C@H](NC(=O)[C@@H]3C[C@H]3c3cccnc3)C3CC3)c2cc1C. The van der Waals surface area contributed by atoms with Crippen molar-refractivity contribution in [1.29, 1.82) is 0 Å². The highest BCUT2D eigenvalue weighted by Gasteiger charge is 2.45. The van der Waals surface area contributed by atoms with E-state index >= 15 is 0 Å². The molecular formula is C23H26N4O. The van der Waals surface area contributed by atoms with Crippen molar-refractivity contribution in [3.8, 4) is 0 Å². The zero-order valence-corrected chi connectivity index (χ0v) is 16.4. The first-order valence-corrected chi connectivity index (χ1v) is 10.2. The molecule has 2 aliphatic rings. The molecule has 0 radical (unpaired) electrons. The maximum atomic E-state index is 12.9. The molecule has 0 aliphatic heterocycles. The number of rotatable bonds is 6. The Morgan fingerprint density at radius 3 is 2.86 bits per heavy atom. The van der Waals surface area contributed by atoms with Gasteiger partial charge in [0.1, 0.15) is 0 Å². The second-order valence-electron chi connectivity index (χ2n) is 8.51. The number of hydrogen-bond donors (Lipinski definition) is 1. The zero-order chi connectivity index (χ0) is 19.3. The van der Waals surface area contributed by atoms with Crippen LogP contribution in [0.5, 0.6) is 0 Å². The zero-order valence-electron chi connectivity index (χ0n) is 16.4. The summed E-state index contributed by atoms with van der Waals surface area (Å²) in [6.45, 7) is 5.05. The molecule has 3 aromatic rings. The van der Waals surface area contributed by atoms with Gasteiger partial charge in [0.15, 0.2) is 0 Å². The molecule has 1 N–H and O–H groups in total. The second kappa shape index (κ2) is 6.73. The first-order chi connectivity index (χ1) is 13.6. The van der Waals surface area contributed by atoms with Crippen LogP contribution in [0.4, 0.5) is 0 Å². The van der Waals surface area contributed by atoms with E-state index in [1.54, 1.807) is 6.20 Å². The fourth-order valence-electron chi connectivity index (χ4n) is 4.22. The van der Waals surface area contributed by atoms with Crippen molar-refractivity contribution in [3.05, 3.63) is 59.7 Å². The number of benzene rings is 1. The summed E-state index contributed by atoms with van der Waals surface area (Å²) < 4.78 is 2.20. The Hall–Kier alpha value is -2.69. The van der Waals surface area contributed by atoms with Crippen LogP contribution >= 0.6 is 0 Å². The molecule has 0 unspecified atom stereocenters. The first-order valence-electron chi connectivity index (χ1n) is 10.2. The Morgan fingerprint density at radius 2 is 2.11 bits per heavy atom. The number of carbonyl (C=O) groups is 1. The van der Waals surface area contributed by atoms with Gasteiger partial charge in [-0.25, -0.2) is 4.98 Å². The van der Waals surface area contributed by atoms with Gasteiger partial charge in [0.05, 0.1) is 17.4 Å². The van der Waals surface area contributed by atoms with Gasteiger partial charge in [0, 0.05) is 30.9 Å². The minimum absolute atomic E-state index is 0.0925. The molecule has 1 amide bonds. The van der Waals surface area contributed by atoms with E-state index < -0.39 is 0 Å². The molecule has 3 atom stereocenters. The third-order valence-electron chi connectivity index (χ3n) is 6.39. The smallest absolute Gasteiger partial charge is 0.224 e. The number of pyridine rings is 1. The predicted octanol–water partition coefficient (Wildman–Crippen LogP) is 3.75. The Morgan fingerprint density at radius 1 is 1.29 bits per heavy atom. The predicted molar refractivity (Wildman–Crippen MR) is 109 cm³/mol. The second-order valence-corrected chi connectivity index (χ2v) is 8.51. The average molecular weight is 374 g/mol. The topological polar surface area (TPSA) is 59.8 Å². The van der Waals surface area contributed by atoms with Crippen LogP contribution in [0.2, 0.25) is 0 Å². The van der Waals surface area contributed by atoms with Crippen LogP contribution in [0.3, 0.4) is 0 Å². The van der Waals surface area contributed by atoms with Crippen molar-refractivity contribution < 1.29 is 4.79 Å². The lowest BCUT2D eigenvalue weighted by atomic mass is 10.1. The van der Waals surface area contributed by atoms with Crippen LogP contribution < -0.4 is 5.32 Å². The van der Waals surface area contributed by atoms with Gasteiger partial charge in [0.2, 0.25) is 5.91 Å². The summed E-state index contributed by atoms with van der Waals surface area (Å²) in [5.74, 6) is 1.20. The summed E-state index contributed by atoms with van der Waals surface area (Å²) in [5, 5.41) is 3.36. The number of carbonyl (C=O) groups excluding carboxylic acids is 1. The highest BCUT2D eigenvalue weighted by Crippen LogP contribution is 2.47. The quantitative estimate of drug-likeness (QED) is 0.715. The Labute approximate surface area is 165 Å². The van der Waals surface area contributed by atoms with Gasteiger partial charge in [0.25, 0.3) is 0 Å². The van der Waals surface area contributed by atoms with Crippen LogP contribution in [-0.4, -0.2) is 26.5 Å². The number of imidazole rings is 1. The van der Waals surface area contributed by atoms with Gasteiger partial charge in [-0.15, -0.1) is 0 Å². The molecule has 28 heavy (non-hydrogen) atoms. The van der Waals surface area contributed by atoms with Gasteiger partial charge in [-0.3, -0.25) is 9.78 Å². The van der Waals surface area contributed by atoms with E-state index in [9.17, 15) is 4.79 Å². The molecule has 2 aliphatic carbocycles. The molecule has 2 saturated carbocycles. The minimum atomic E-state index is 0.0925. The van der Waals surface area contributed by atoms with Crippen molar-refractivity contribution in [2.75, 3.05) is 0 Å². The molecular weight excluding hydrogens is 348 g/mol. The van der Waals surface area contributed by atoms with Crippen molar-refractivity contribution in [3.63, 3.8) is 0 Å². The van der Waals surface area contributed by atoms with Crippen molar-refractivity contribution in [2.24, 2.45) is 11.8 Å². The molecule has 5 heteroatoms. The Kier molecular flexibility index (Phi) is 4.18. The van der Waals surface area contributed by atoms with E-state index in [1.807, 2.05) is 18.6 Å². The van der Waals surface area contributed by atoms with Gasteiger partial charge in [-0.1, -0.05) is 6.07 Å². The van der Waals surface area contributed by atoms with Crippen molar-refractivity contribution in [2.45, 2.75) is 51.6 Å². The monoisotopic (exact) mass is 374 g/mol. The van der Waals surface area contributed by atoms with E-state index in [0.717, 1.165) is 24.0 Å². The summed E-state index contributed by atoms with van der Waals surface area (Å²) in [7, 11) is 0. The van der Waals surface area contributed by atoms with Gasteiger partial charge in [-0.05, 0) is 79.8 Å². The van der Waals surface area contributed by atoms with Crippen LogP contribution in [0.15, 0.2) is 43.0 Å². The van der Waals surface area contributed by atoms with Gasteiger partial charge >= 0.3 is 0 Å². The summed E-state index contributed by atoms with van der Waals surface area (Å²) in [6, 6.07) is 8.56. The largest absolute Gasteiger partial charge is 0.351 e. The number of aryl methyl sites for hydroxylation is 2. The molecule has 0 saturated heterocycles. The first kappa shape index (κ1) is 17.4. The highest BCUT2D eigenvalue weighted by atomic mass is 16.2. The summed E-state index contributed by atoms with van der Waals surface area (Å²) in [6.07, 6.45) is 8.92. The maximum Gasteiger partial charge on any atom is 0.224 e. The molecule has 2 heterocycles. The number of fused-ring (bicyclic) bond motifs is 1. The van der Waals surface area contributed by atoms with Gasteiger partial charge in [-0.2, -0.15) is 0 Å². The average Bonchev–Trinajstić information content (AvgIpc) is 3.61. The van der Waals surface area contributed by atoms with Crippen LogP contribution in [0, 0.1) is 25.7 Å².